The number of hydrogen-bond donors (Lipinski definition) is 1. The molecule has 2 nitrogen and oxygen atoms in total. The van der Waals surface area contributed by atoms with Crippen molar-refractivity contribution in [3.8, 4) is 0 Å². The van der Waals surface area contributed by atoms with E-state index in [1.54, 1.807) is 0 Å². The Morgan fingerprint density at radius 2 is 2.05 bits per heavy atom. The predicted molar refractivity (Wildman–Crippen MR) is 77.3 cm³/mol. The fraction of sp³-hybridized carbons (Fsp3) is 0.588. The number of carboxylic acid groups (broad SMARTS) is 1. The lowest BCUT2D eigenvalue weighted by Gasteiger charge is -2.15. The lowest BCUT2D eigenvalue weighted by molar-refractivity contribution is -0.139. The smallest absolute Gasteiger partial charge is 0.306 e. The SMILES string of the molecule is CCc1ccc(CC)c(CC(C)C2CC2C(=O)O)c1. The summed E-state index contributed by atoms with van der Waals surface area (Å²) in [5.41, 5.74) is 4.21. The fourth-order valence-corrected chi connectivity index (χ4v) is 3.06. The van der Waals surface area contributed by atoms with Gasteiger partial charge in [-0.1, -0.05) is 39.0 Å². The normalized spacial score (nSPS) is 23.1. The number of aliphatic carboxylic acids is 1. The largest absolute Gasteiger partial charge is 0.481 e. The molecule has 1 aromatic carbocycles. The van der Waals surface area contributed by atoms with Gasteiger partial charge in [0.15, 0.2) is 0 Å². The van der Waals surface area contributed by atoms with Crippen molar-refractivity contribution in [2.24, 2.45) is 17.8 Å². The molecule has 0 bridgehead atoms. The van der Waals surface area contributed by atoms with Crippen LogP contribution >= 0.6 is 0 Å². The molecule has 1 saturated carbocycles. The van der Waals surface area contributed by atoms with Crippen LogP contribution in [-0.2, 0) is 24.1 Å². The van der Waals surface area contributed by atoms with Gasteiger partial charge in [-0.05, 0) is 54.2 Å². The summed E-state index contributed by atoms with van der Waals surface area (Å²) in [6.45, 7) is 6.56. The van der Waals surface area contributed by atoms with Gasteiger partial charge >= 0.3 is 5.97 Å². The van der Waals surface area contributed by atoms with Gasteiger partial charge in [0.1, 0.15) is 0 Å². The van der Waals surface area contributed by atoms with Crippen LogP contribution in [0, 0.1) is 17.8 Å². The lowest BCUT2D eigenvalue weighted by Crippen LogP contribution is -2.09. The maximum Gasteiger partial charge on any atom is 0.306 e. The summed E-state index contributed by atoms with van der Waals surface area (Å²) in [6.07, 6.45) is 4.00. The molecule has 0 heterocycles. The van der Waals surface area contributed by atoms with Gasteiger partial charge in [-0.2, -0.15) is 0 Å². The highest BCUT2D eigenvalue weighted by Crippen LogP contribution is 2.45. The molecule has 1 N–H and O–H groups in total. The van der Waals surface area contributed by atoms with Gasteiger partial charge in [-0.25, -0.2) is 0 Å². The summed E-state index contributed by atoms with van der Waals surface area (Å²) in [5.74, 6) is 0.148. The Labute approximate surface area is 115 Å². The van der Waals surface area contributed by atoms with E-state index in [-0.39, 0.29) is 5.92 Å². The fourth-order valence-electron chi connectivity index (χ4n) is 3.06. The molecule has 0 radical (unpaired) electrons. The summed E-state index contributed by atoms with van der Waals surface area (Å²) in [4.78, 5) is 11.0. The zero-order valence-electron chi connectivity index (χ0n) is 12.1. The Balaban J connectivity index is 2.07. The third-order valence-corrected chi connectivity index (χ3v) is 4.49. The van der Waals surface area contributed by atoms with Crippen molar-refractivity contribution in [2.45, 2.75) is 46.5 Å². The molecule has 0 aliphatic heterocycles. The molecular formula is C17H24O2. The maximum absolute atomic E-state index is 11.0. The summed E-state index contributed by atoms with van der Waals surface area (Å²) in [6, 6.07) is 6.76. The Morgan fingerprint density at radius 3 is 2.58 bits per heavy atom. The van der Waals surface area contributed by atoms with Gasteiger partial charge < -0.3 is 5.11 Å². The Bertz CT molecular complexity index is 464. The van der Waals surface area contributed by atoms with Crippen LogP contribution in [0.5, 0.6) is 0 Å². The lowest BCUT2D eigenvalue weighted by atomic mass is 9.90. The quantitative estimate of drug-likeness (QED) is 0.846. The third-order valence-electron chi connectivity index (χ3n) is 4.49. The predicted octanol–water partition coefficient (Wildman–Crippen LogP) is 3.71. The molecule has 1 aromatic rings. The average molecular weight is 260 g/mol. The first kappa shape index (κ1) is 14.1. The van der Waals surface area contributed by atoms with Gasteiger partial charge in [-0.15, -0.1) is 0 Å². The van der Waals surface area contributed by atoms with E-state index in [0.29, 0.717) is 11.8 Å². The average Bonchev–Trinajstić information content (AvgIpc) is 3.19. The molecule has 104 valence electrons. The molecule has 1 aliphatic carbocycles. The number of carboxylic acids is 1. The standard InChI is InChI=1S/C17H24O2/c1-4-12-6-7-13(5-2)14(9-12)8-11(3)15-10-16(15)17(18)19/h6-7,9,11,15-16H,4-5,8,10H2,1-3H3,(H,18,19). The van der Waals surface area contributed by atoms with E-state index in [1.165, 1.54) is 16.7 Å². The van der Waals surface area contributed by atoms with Crippen LogP contribution in [0.2, 0.25) is 0 Å². The zero-order valence-corrected chi connectivity index (χ0v) is 12.1. The second-order valence-corrected chi connectivity index (χ2v) is 5.84. The van der Waals surface area contributed by atoms with Crippen molar-refractivity contribution in [1.29, 1.82) is 0 Å². The summed E-state index contributed by atoms with van der Waals surface area (Å²) in [7, 11) is 0. The van der Waals surface area contributed by atoms with Crippen molar-refractivity contribution >= 4 is 5.97 Å². The van der Waals surface area contributed by atoms with Crippen LogP contribution in [0.1, 0.15) is 43.9 Å². The molecule has 0 spiro atoms. The van der Waals surface area contributed by atoms with Gasteiger partial charge in [0.05, 0.1) is 5.92 Å². The van der Waals surface area contributed by atoms with Crippen LogP contribution in [0.3, 0.4) is 0 Å². The number of benzene rings is 1. The van der Waals surface area contributed by atoms with E-state index in [4.69, 9.17) is 5.11 Å². The van der Waals surface area contributed by atoms with Crippen LogP contribution in [0.25, 0.3) is 0 Å². The Hall–Kier alpha value is -1.31. The highest BCUT2D eigenvalue weighted by molar-refractivity contribution is 5.73. The topological polar surface area (TPSA) is 37.3 Å². The Kier molecular flexibility index (Phi) is 4.28. The van der Waals surface area contributed by atoms with Crippen molar-refractivity contribution in [2.75, 3.05) is 0 Å². The van der Waals surface area contributed by atoms with Crippen molar-refractivity contribution in [1.82, 2.24) is 0 Å². The Morgan fingerprint density at radius 1 is 1.32 bits per heavy atom. The van der Waals surface area contributed by atoms with Crippen molar-refractivity contribution < 1.29 is 9.90 Å². The summed E-state index contributed by atoms with van der Waals surface area (Å²) < 4.78 is 0. The van der Waals surface area contributed by atoms with Crippen molar-refractivity contribution in [3.05, 3.63) is 34.9 Å². The van der Waals surface area contributed by atoms with Gasteiger partial charge in [-0.3, -0.25) is 4.79 Å². The molecule has 3 unspecified atom stereocenters. The first-order chi connectivity index (χ1) is 9.06. The molecule has 19 heavy (non-hydrogen) atoms. The van der Waals surface area contributed by atoms with Gasteiger partial charge in [0.25, 0.3) is 0 Å². The molecule has 1 aliphatic rings. The van der Waals surface area contributed by atoms with E-state index >= 15 is 0 Å². The van der Waals surface area contributed by atoms with E-state index < -0.39 is 5.97 Å². The number of hydrogen-bond acceptors (Lipinski definition) is 1. The van der Waals surface area contributed by atoms with Crippen molar-refractivity contribution in [3.63, 3.8) is 0 Å². The van der Waals surface area contributed by atoms with Crippen LogP contribution in [0.15, 0.2) is 18.2 Å². The monoisotopic (exact) mass is 260 g/mol. The van der Waals surface area contributed by atoms with E-state index in [9.17, 15) is 4.79 Å². The zero-order chi connectivity index (χ0) is 14.0. The molecule has 2 rings (SSSR count). The second-order valence-electron chi connectivity index (χ2n) is 5.84. The van der Waals surface area contributed by atoms with E-state index in [2.05, 4.69) is 39.0 Å². The number of aryl methyl sites for hydroxylation is 2. The minimum Gasteiger partial charge on any atom is -0.481 e. The molecular weight excluding hydrogens is 236 g/mol. The first-order valence-electron chi connectivity index (χ1n) is 7.40. The van der Waals surface area contributed by atoms with Crippen LogP contribution < -0.4 is 0 Å². The van der Waals surface area contributed by atoms with Crippen LogP contribution in [-0.4, -0.2) is 11.1 Å². The number of carbonyl (C=O) groups is 1. The highest BCUT2D eigenvalue weighted by Gasteiger charge is 2.46. The second kappa shape index (κ2) is 5.77. The summed E-state index contributed by atoms with van der Waals surface area (Å²) in [5, 5.41) is 9.02. The first-order valence-corrected chi connectivity index (χ1v) is 7.40. The molecule has 2 heteroatoms. The summed E-state index contributed by atoms with van der Waals surface area (Å²) >= 11 is 0. The van der Waals surface area contributed by atoms with E-state index in [1.807, 2.05) is 0 Å². The third kappa shape index (κ3) is 3.17. The minimum atomic E-state index is -0.616. The number of rotatable bonds is 6. The molecule has 1 fully saturated rings. The van der Waals surface area contributed by atoms with Gasteiger partial charge in [0.2, 0.25) is 0 Å². The minimum absolute atomic E-state index is 0.0885. The van der Waals surface area contributed by atoms with Gasteiger partial charge in [0, 0.05) is 0 Å². The van der Waals surface area contributed by atoms with E-state index in [0.717, 1.165) is 25.7 Å². The molecule has 0 amide bonds. The maximum atomic E-state index is 11.0. The molecule has 3 atom stereocenters. The van der Waals surface area contributed by atoms with Crippen LogP contribution in [0.4, 0.5) is 0 Å². The molecule has 0 saturated heterocycles. The highest BCUT2D eigenvalue weighted by atomic mass is 16.4. The molecule has 0 aromatic heterocycles.